The van der Waals surface area contributed by atoms with Gasteiger partial charge in [-0.25, -0.2) is 0 Å². The maximum absolute atomic E-state index is 12.2. The number of nitrogens with zero attached hydrogens (tertiary/aromatic N) is 2. The average Bonchev–Trinajstić information content (AvgIpc) is 2.75. The van der Waals surface area contributed by atoms with Gasteiger partial charge < -0.3 is 0 Å². The molecule has 0 bridgehead atoms. The van der Waals surface area contributed by atoms with E-state index in [1.165, 1.54) is 4.90 Å². The highest BCUT2D eigenvalue weighted by molar-refractivity contribution is 6.21. The van der Waals surface area contributed by atoms with E-state index in [0.717, 1.165) is 25.1 Å². The number of hydrogen-bond donors (Lipinski definition) is 0. The van der Waals surface area contributed by atoms with E-state index >= 15 is 0 Å². The molecular formula is C17H18N2O2. The predicted molar refractivity (Wildman–Crippen MR) is 81.6 cm³/mol. The molecule has 21 heavy (non-hydrogen) atoms. The number of aliphatic imine (C=N–C) groups is 1. The highest BCUT2D eigenvalue weighted by Crippen LogP contribution is 2.22. The summed E-state index contributed by atoms with van der Waals surface area (Å²) in [7, 11) is 0. The van der Waals surface area contributed by atoms with E-state index in [0.29, 0.717) is 23.6 Å². The van der Waals surface area contributed by atoms with E-state index in [1.807, 2.05) is 0 Å². The molecule has 0 saturated heterocycles. The molecule has 0 N–H and O–H groups in total. The number of dihydropyridines is 1. The number of benzene rings is 1. The first-order valence-corrected chi connectivity index (χ1v) is 7.33. The van der Waals surface area contributed by atoms with E-state index < -0.39 is 0 Å². The minimum atomic E-state index is -0.176. The van der Waals surface area contributed by atoms with Crippen molar-refractivity contribution < 1.29 is 9.59 Å². The fourth-order valence-corrected chi connectivity index (χ4v) is 2.67. The zero-order valence-corrected chi connectivity index (χ0v) is 12.1. The molecule has 0 spiro atoms. The van der Waals surface area contributed by atoms with E-state index in [2.05, 4.69) is 24.1 Å². The van der Waals surface area contributed by atoms with Crippen LogP contribution in [0.1, 0.15) is 40.5 Å². The van der Waals surface area contributed by atoms with Crippen molar-refractivity contribution in [3.8, 4) is 0 Å². The summed E-state index contributed by atoms with van der Waals surface area (Å²) in [5, 5.41) is 0. The van der Waals surface area contributed by atoms with E-state index in [-0.39, 0.29) is 11.8 Å². The third-order valence-corrected chi connectivity index (χ3v) is 3.89. The van der Waals surface area contributed by atoms with Crippen molar-refractivity contribution in [1.29, 1.82) is 0 Å². The Balaban J connectivity index is 1.59. The van der Waals surface area contributed by atoms with Crippen LogP contribution in [0.15, 0.2) is 41.4 Å². The summed E-state index contributed by atoms with van der Waals surface area (Å²) >= 11 is 0. The van der Waals surface area contributed by atoms with Gasteiger partial charge in [-0.3, -0.25) is 19.5 Å². The van der Waals surface area contributed by atoms with Crippen molar-refractivity contribution in [3.05, 3.63) is 47.5 Å². The third-order valence-electron chi connectivity index (χ3n) is 3.89. The number of hydrogen-bond acceptors (Lipinski definition) is 3. The molecule has 1 unspecified atom stereocenters. The van der Waals surface area contributed by atoms with Crippen molar-refractivity contribution in [1.82, 2.24) is 4.90 Å². The molecule has 0 aromatic heterocycles. The second-order valence-corrected chi connectivity index (χ2v) is 5.58. The maximum Gasteiger partial charge on any atom is 0.261 e. The molecule has 4 nitrogen and oxygen atoms in total. The van der Waals surface area contributed by atoms with Crippen molar-refractivity contribution in [3.63, 3.8) is 0 Å². The van der Waals surface area contributed by atoms with Crippen LogP contribution in [-0.4, -0.2) is 35.5 Å². The topological polar surface area (TPSA) is 49.7 Å². The van der Waals surface area contributed by atoms with Crippen LogP contribution in [0, 0.1) is 5.92 Å². The van der Waals surface area contributed by atoms with Crippen LogP contribution < -0.4 is 0 Å². The summed E-state index contributed by atoms with van der Waals surface area (Å²) in [4.78, 5) is 30.2. The summed E-state index contributed by atoms with van der Waals surface area (Å²) in [5.41, 5.74) is 2.10. The fourth-order valence-electron chi connectivity index (χ4n) is 2.67. The van der Waals surface area contributed by atoms with Crippen LogP contribution in [0.2, 0.25) is 0 Å². The lowest BCUT2D eigenvalue weighted by Gasteiger charge is -2.15. The van der Waals surface area contributed by atoms with Gasteiger partial charge in [0.2, 0.25) is 0 Å². The lowest BCUT2D eigenvalue weighted by Crippen LogP contribution is -2.31. The van der Waals surface area contributed by atoms with Crippen molar-refractivity contribution >= 4 is 17.5 Å². The van der Waals surface area contributed by atoms with E-state index in [1.54, 1.807) is 24.3 Å². The molecule has 0 aliphatic carbocycles. The van der Waals surface area contributed by atoms with Gasteiger partial charge in [-0.2, -0.15) is 0 Å². The van der Waals surface area contributed by atoms with E-state index in [4.69, 9.17) is 0 Å². The summed E-state index contributed by atoms with van der Waals surface area (Å²) in [6, 6.07) is 7.00. The third kappa shape index (κ3) is 2.66. The van der Waals surface area contributed by atoms with Crippen LogP contribution in [0.3, 0.4) is 0 Å². The molecule has 4 heteroatoms. The molecule has 108 valence electrons. The zero-order chi connectivity index (χ0) is 14.8. The van der Waals surface area contributed by atoms with Gasteiger partial charge in [0.15, 0.2) is 0 Å². The molecule has 2 aliphatic heterocycles. The number of imide groups is 1. The summed E-state index contributed by atoms with van der Waals surface area (Å²) < 4.78 is 0. The molecular weight excluding hydrogens is 264 g/mol. The van der Waals surface area contributed by atoms with Gasteiger partial charge in [0.1, 0.15) is 0 Å². The summed E-state index contributed by atoms with van der Waals surface area (Å²) in [6.45, 7) is 3.42. The average molecular weight is 282 g/mol. The molecule has 0 saturated carbocycles. The van der Waals surface area contributed by atoms with Crippen molar-refractivity contribution in [2.45, 2.75) is 19.8 Å². The first kappa shape index (κ1) is 13.7. The van der Waals surface area contributed by atoms with Gasteiger partial charge in [0.25, 0.3) is 11.8 Å². The Morgan fingerprint density at radius 3 is 2.43 bits per heavy atom. The minimum Gasteiger partial charge on any atom is -0.289 e. The van der Waals surface area contributed by atoms with Crippen LogP contribution in [0.4, 0.5) is 0 Å². The smallest absolute Gasteiger partial charge is 0.261 e. The molecule has 1 aromatic rings. The quantitative estimate of drug-likeness (QED) is 0.797. The molecule has 3 rings (SSSR count). The number of allylic oxidation sites excluding steroid dienone is 1. The minimum absolute atomic E-state index is 0.176. The SMILES string of the molecule is CC1C=CC(CCCN2C(=O)c3ccccc3C2=O)=NC1. The predicted octanol–water partition coefficient (Wildman–Crippen LogP) is 2.71. The largest absolute Gasteiger partial charge is 0.289 e. The molecule has 2 heterocycles. The molecule has 2 amide bonds. The highest BCUT2D eigenvalue weighted by Gasteiger charge is 2.34. The zero-order valence-electron chi connectivity index (χ0n) is 12.1. The van der Waals surface area contributed by atoms with Crippen LogP contribution >= 0.6 is 0 Å². The number of carbonyl (C=O) groups is 2. The van der Waals surface area contributed by atoms with E-state index in [9.17, 15) is 9.59 Å². The van der Waals surface area contributed by atoms with Gasteiger partial charge >= 0.3 is 0 Å². The second kappa shape index (κ2) is 5.64. The monoisotopic (exact) mass is 282 g/mol. The van der Waals surface area contributed by atoms with Crippen molar-refractivity contribution in [2.24, 2.45) is 10.9 Å². The maximum atomic E-state index is 12.2. The Labute approximate surface area is 124 Å². The standard InChI is InChI=1S/C17H18N2O2/c1-12-8-9-13(18-11-12)5-4-10-19-16(20)14-6-2-3-7-15(14)17(19)21/h2-3,6-9,12H,4-5,10-11H2,1H3. The molecule has 1 atom stereocenters. The summed E-state index contributed by atoms with van der Waals surface area (Å²) in [6.07, 6.45) is 5.76. The summed E-state index contributed by atoms with van der Waals surface area (Å²) in [5.74, 6) is 0.153. The van der Waals surface area contributed by atoms with Gasteiger partial charge in [-0.15, -0.1) is 0 Å². The van der Waals surface area contributed by atoms with Gasteiger partial charge in [-0.05, 0) is 37.0 Å². The molecule has 2 aliphatic rings. The second-order valence-electron chi connectivity index (χ2n) is 5.58. The Hall–Kier alpha value is -2.23. The van der Waals surface area contributed by atoms with Crippen molar-refractivity contribution in [2.75, 3.05) is 13.1 Å². The Kier molecular flexibility index (Phi) is 3.69. The van der Waals surface area contributed by atoms with Gasteiger partial charge in [-0.1, -0.05) is 25.1 Å². The lowest BCUT2D eigenvalue weighted by atomic mass is 10.1. The molecule has 1 aromatic carbocycles. The Morgan fingerprint density at radius 1 is 1.19 bits per heavy atom. The van der Waals surface area contributed by atoms with Gasteiger partial charge in [0, 0.05) is 18.8 Å². The first-order chi connectivity index (χ1) is 10.2. The number of fused-ring (bicyclic) bond motifs is 1. The molecule has 0 fully saturated rings. The Bertz CT molecular complexity index is 611. The Morgan fingerprint density at radius 2 is 1.86 bits per heavy atom. The van der Waals surface area contributed by atoms with Crippen LogP contribution in [0.5, 0.6) is 0 Å². The number of carbonyl (C=O) groups excluding carboxylic acids is 2. The lowest BCUT2D eigenvalue weighted by molar-refractivity contribution is 0.0653. The van der Waals surface area contributed by atoms with Crippen LogP contribution in [-0.2, 0) is 0 Å². The van der Waals surface area contributed by atoms with Gasteiger partial charge in [0.05, 0.1) is 11.1 Å². The molecule has 0 radical (unpaired) electrons. The highest BCUT2D eigenvalue weighted by atomic mass is 16.2. The fraction of sp³-hybridized carbons (Fsp3) is 0.353. The number of amides is 2. The number of rotatable bonds is 4. The first-order valence-electron chi connectivity index (χ1n) is 7.33. The normalized spacial score (nSPS) is 20.7. The van der Waals surface area contributed by atoms with Crippen LogP contribution in [0.25, 0.3) is 0 Å².